The standard InChI is InChI=1S/C29H34N2O6S2/c1-26(33)17-9-14-21-29(36,31-25(38-21)20-12-7-4-8-13-20)27(2,34)18-37-23(32)16-15-22-28(26,35)30-24(39-22)19-10-5-3-6-11-19/h3-8,10-13,21-22,33-36H,9,14-18H2,1-2H3/t21-,22-,26+,27+,28-,29-/m0/s1. The Labute approximate surface area is 236 Å². The van der Waals surface area contributed by atoms with Crippen molar-refractivity contribution < 1.29 is 30.0 Å². The van der Waals surface area contributed by atoms with Crippen molar-refractivity contribution in [3.8, 4) is 0 Å². The molecule has 39 heavy (non-hydrogen) atoms. The number of nitrogens with zero attached hydrogens (tertiary/aromatic N) is 2. The van der Waals surface area contributed by atoms with Gasteiger partial charge in [0, 0.05) is 17.5 Å². The molecule has 208 valence electrons. The molecule has 0 aromatic heterocycles. The third-order valence-electron chi connectivity index (χ3n) is 7.83. The number of ether oxygens (including phenoxy) is 1. The fourth-order valence-corrected chi connectivity index (χ4v) is 8.21. The van der Waals surface area contributed by atoms with E-state index >= 15 is 0 Å². The summed E-state index contributed by atoms with van der Waals surface area (Å²) in [5.41, 5.74) is -5.60. The first-order valence-corrected chi connectivity index (χ1v) is 14.9. The summed E-state index contributed by atoms with van der Waals surface area (Å²) in [6.07, 6.45) is 1.14. The lowest BCUT2D eigenvalue weighted by Crippen LogP contribution is -2.59. The Bertz CT molecular complexity index is 1270. The molecule has 0 unspecified atom stereocenters. The van der Waals surface area contributed by atoms with Gasteiger partial charge in [-0.3, -0.25) is 4.79 Å². The summed E-state index contributed by atoms with van der Waals surface area (Å²) < 4.78 is 5.44. The van der Waals surface area contributed by atoms with E-state index in [-0.39, 0.29) is 19.3 Å². The van der Waals surface area contributed by atoms with Crippen LogP contribution in [0.4, 0.5) is 0 Å². The summed E-state index contributed by atoms with van der Waals surface area (Å²) >= 11 is 2.69. The van der Waals surface area contributed by atoms with E-state index in [1.807, 2.05) is 60.7 Å². The maximum absolute atomic E-state index is 12.8. The lowest BCUT2D eigenvalue weighted by Gasteiger charge is -2.42. The first-order valence-electron chi connectivity index (χ1n) is 13.1. The van der Waals surface area contributed by atoms with Gasteiger partial charge in [-0.05, 0) is 39.5 Å². The topological polar surface area (TPSA) is 132 Å². The van der Waals surface area contributed by atoms with Gasteiger partial charge in [-0.2, -0.15) is 0 Å². The van der Waals surface area contributed by atoms with Gasteiger partial charge in [0.2, 0.25) is 5.72 Å². The number of rotatable bonds is 2. The number of hydrogen-bond donors (Lipinski definition) is 4. The van der Waals surface area contributed by atoms with Crippen LogP contribution < -0.4 is 0 Å². The Balaban J connectivity index is 1.46. The van der Waals surface area contributed by atoms with Crippen molar-refractivity contribution in [3.63, 3.8) is 0 Å². The zero-order valence-electron chi connectivity index (χ0n) is 22.0. The number of cyclic esters (lactones) is 1. The summed E-state index contributed by atoms with van der Waals surface area (Å²) in [4.78, 5) is 22.0. The van der Waals surface area contributed by atoms with Crippen LogP contribution in [0.3, 0.4) is 0 Å². The van der Waals surface area contributed by atoms with E-state index in [9.17, 15) is 25.2 Å². The molecule has 0 aliphatic carbocycles. The molecule has 8 nitrogen and oxygen atoms in total. The average molecular weight is 571 g/mol. The quantitative estimate of drug-likeness (QED) is 0.404. The highest BCUT2D eigenvalue weighted by atomic mass is 32.2. The van der Waals surface area contributed by atoms with E-state index in [0.29, 0.717) is 22.9 Å². The van der Waals surface area contributed by atoms with Gasteiger partial charge >= 0.3 is 5.97 Å². The maximum Gasteiger partial charge on any atom is 0.305 e. The molecule has 0 bridgehead atoms. The van der Waals surface area contributed by atoms with Crippen LogP contribution in [0.1, 0.15) is 57.1 Å². The monoisotopic (exact) mass is 570 g/mol. The molecular formula is C29H34N2O6S2. The van der Waals surface area contributed by atoms with E-state index in [1.165, 1.54) is 30.4 Å². The van der Waals surface area contributed by atoms with Gasteiger partial charge < -0.3 is 25.2 Å². The predicted molar refractivity (Wildman–Crippen MR) is 154 cm³/mol. The van der Waals surface area contributed by atoms with E-state index in [0.717, 1.165) is 11.1 Å². The van der Waals surface area contributed by atoms with E-state index in [4.69, 9.17) is 4.74 Å². The van der Waals surface area contributed by atoms with Crippen molar-refractivity contribution in [2.75, 3.05) is 6.61 Å². The van der Waals surface area contributed by atoms with Crippen LogP contribution in [0.15, 0.2) is 70.6 Å². The van der Waals surface area contributed by atoms with Gasteiger partial charge in [0.1, 0.15) is 27.9 Å². The molecule has 3 heterocycles. The Morgan fingerprint density at radius 2 is 1.26 bits per heavy atom. The lowest BCUT2D eigenvalue weighted by molar-refractivity contribution is -0.180. The smallest absolute Gasteiger partial charge is 0.305 e. The Morgan fingerprint density at radius 1 is 0.769 bits per heavy atom. The van der Waals surface area contributed by atoms with Crippen molar-refractivity contribution in [1.29, 1.82) is 0 Å². The van der Waals surface area contributed by atoms with Crippen molar-refractivity contribution >= 4 is 39.6 Å². The normalized spacial score (nSPS) is 37.6. The van der Waals surface area contributed by atoms with Crippen molar-refractivity contribution in [3.05, 3.63) is 71.8 Å². The second kappa shape index (κ2) is 10.6. The largest absolute Gasteiger partial charge is 0.462 e. The number of aliphatic hydroxyl groups is 4. The second-order valence-electron chi connectivity index (χ2n) is 10.9. The zero-order chi connectivity index (χ0) is 27.9. The Kier molecular flexibility index (Phi) is 7.73. The molecule has 0 radical (unpaired) electrons. The van der Waals surface area contributed by atoms with Gasteiger partial charge in [-0.25, -0.2) is 9.98 Å². The van der Waals surface area contributed by atoms with Gasteiger partial charge in [-0.15, -0.1) is 0 Å². The Hall–Kier alpha value is -2.21. The third-order valence-corrected chi connectivity index (χ3v) is 10.6. The second-order valence-corrected chi connectivity index (χ2v) is 13.3. The molecule has 2 aromatic rings. The highest BCUT2D eigenvalue weighted by Gasteiger charge is 2.58. The van der Waals surface area contributed by atoms with Gasteiger partial charge in [-0.1, -0.05) is 84.2 Å². The zero-order valence-corrected chi connectivity index (χ0v) is 23.6. The number of aliphatic imine (C=N–C) groups is 2. The molecule has 1 saturated heterocycles. The molecule has 5 rings (SSSR count). The maximum atomic E-state index is 12.8. The highest BCUT2D eigenvalue weighted by Crippen LogP contribution is 2.49. The minimum atomic E-state index is -1.93. The third kappa shape index (κ3) is 5.30. The van der Waals surface area contributed by atoms with E-state index < -0.39 is 45.7 Å². The van der Waals surface area contributed by atoms with Gasteiger partial charge in [0.15, 0.2) is 5.72 Å². The molecule has 0 spiro atoms. The van der Waals surface area contributed by atoms with Gasteiger partial charge in [0.25, 0.3) is 0 Å². The number of esters is 1. The summed E-state index contributed by atoms with van der Waals surface area (Å²) in [6, 6.07) is 18.8. The molecule has 4 N–H and O–H groups in total. The summed E-state index contributed by atoms with van der Waals surface area (Å²) in [5.74, 6) is -0.582. The molecule has 0 saturated carbocycles. The first kappa shape index (κ1) is 28.3. The number of carbonyl (C=O) groups excluding carboxylic acids is 1. The van der Waals surface area contributed by atoms with Crippen LogP contribution in [0, 0.1) is 0 Å². The number of fused-ring (bicyclic) bond motifs is 2. The summed E-state index contributed by atoms with van der Waals surface area (Å²) in [5, 5.41) is 46.7. The molecular weight excluding hydrogens is 536 g/mol. The molecule has 6 atom stereocenters. The molecule has 0 amide bonds. The van der Waals surface area contributed by atoms with E-state index in [1.54, 1.807) is 6.92 Å². The fourth-order valence-electron chi connectivity index (χ4n) is 5.29. The highest BCUT2D eigenvalue weighted by molar-refractivity contribution is 8.15. The van der Waals surface area contributed by atoms with Crippen LogP contribution in [0.5, 0.6) is 0 Å². The number of thioether (sulfide) groups is 2. The summed E-state index contributed by atoms with van der Waals surface area (Å²) in [6.45, 7) is 2.56. The Morgan fingerprint density at radius 3 is 1.79 bits per heavy atom. The van der Waals surface area contributed by atoms with Crippen molar-refractivity contribution in [1.82, 2.24) is 0 Å². The van der Waals surface area contributed by atoms with E-state index in [2.05, 4.69) is 9.98 Å². The molecule has 2 aromatic carbocycles. The predicted octanol–water partition coefficient (Wildman–Crippen LogP) is 3.50. The SMILES string of the molecule is C[C@@]1(O)CCC[C@@H]2SC(c3ccccc3)=N[C@@]2(O)[C@](C)(O)COC(=O)CC[C@@H]2SC(c3ccccc3)=N[C@]21O. The minimum Gasteiger partial charge on any atom is -0.462 e. The number of carbonyl (C=O) groups is 1. The fraction of sp³-hybridized carbons (Fsp3) is 0.483. The average Bonchev–Trinajstić information content (AvgIpc) is 3.46. The van der Waals surface area contributed by atoms with Crippen LogP contribution in [0.2, 0.25) is 0 Å². The van der Waals surface area contributed by atoms with Crippen LogP contribution in [0.25, 0.3) is 0 Å². The van der Waals surface area contributed by atoms with Crippen molar-refractivity contribution in [2.45, 2.75) is 79.1 Å². The molecule has 10 heteroatoms. The van der Waals surface area contributed by atoms with Gasteiger partial charge in [0.05, 0.1) is 10.5 Å². The molecule has 3 aliphatic rings. The van der Waals surface area contributed by atoms with Crippen LogP contribution in [-0.4, -0.2) is 76.2 Å². The summed E-state index contributed by atoms with van der Waals surface area (Å²) in [7, 11) is 0. The number of hydrogen-bond acceptors (Lipinski definition) is 10. The lowest BCUT2D eigenvalue weighted by atomic mass is 9.82. The van der Waals surface area contributed by atoms with Crippen LogP contribution >= 0.6 is 23.5 Å². The first-order chi connectivity index (χ1) is 18.5. The van der Waals surface area contributed by atoms with Crippen LogP contribution in [-0.2, 0) is 9.53 Å². The van der Waals surface area contributed by atoms with Crippen molar-refractivity contribution in [2.24, 2.45) is 9.98 Å². The minimum absolute atomic E-state index is 0.0567. The molecule has 1 fully saturated rings. The molecule has 3 aliphatic heterocycles. The number of benzene rings is 2.